The van der Waals surface area contributed by atoms with Gasteiger partial charge in [-0.25, -0.2) is 4.99 Å². The maximum atomic E-state index is 11.9. The van der Waals surface area contributed by atoms with Gasteiger partial charge in [-0.15, -0.1) is 24.0 Å². The Labute approximate surface area is 167 Å². The number of carbonyl (C=O) groups excluding carboxylic acids is 1. The van der Waals surface area contributed by atoms with Crippen LogP contribution in [0, 0.1) is 0 Å². The number of aliphatic imine (C=N–C) groups is 1. The van der Waals surface area contributed by atoms with E-state index in [1.54, 1.807) is 7.11 Å². The van der Waals surface area contributed by atoms with Gasteiger partial charge in [0, 0.05) is 39.7 Å². The second-order valence-corrected chi connectivity index (χ2v) is 5.80. The molecule has 1 aliphatic heterocycles. The lowest BCUT2D eigenvalue weighted by Gasteiger charge is -2.18. The molecule has 140 valence electrons. The SMILES string of the molecule is CCNC(=NCc1ccccc1CN1CCCC1=O)NCCOC.I. The molecule has 1 aliphatic rings. The molecular weight excluding hydrogens is 431 g/mol. The fourth-order valence-electron chi connectivity index (χ4n) is 2.72. The monoisotopic (exact) mass is 460 g/mol. The summed E-state index contributed by atoms with van der Waals surface area (Å²) in [7, 11) is 1.68. The third kappa shape index (κ3) is 7.19. The van der Waals surface area contributed by atoms with Crippen LogP contribution in [-0.4, -0.2) is 50.1 Å². The highest BCUT2D eigenvalue weighted by Crippen LogP contribution is 2.17. The van der Waals surface area contributed by atoms with E-state index in [4.69, 9.17) is 4.74 Å². The van der Waals surface area contributed by atoms with Gasteiger partial charge in [0.25, 0.3) is 0 Å². The number of hydrogen-bond donors (Lipinski definition) is 2. The first-order valence-electron chi connectivity index (χ1n) is 8.60. The first-order chi connectivity index (χ1) is 11.7. The lowest BCUT2D eigenvalue weighted by atomic mass is 10.1. The molecule has 2 rings (SSSR count). The molecule has 1 saturated heterocycles. The average Bonchev–Trinajstić information content (AvgIpc) is 2.99. The summed E-state index contributed by atoms with van der Waals surface area (Å²) < 4.78 is 5.05. The summed E-state index contributed by atoms with van der Waals surface area (Å²) >= 11 is 0. The van der Waals surface area contributed by atoms with Gasteiger partial charge in [-0.2, -0.15) is 0 Å². The number of hydrogen-bond acceptors (Lipinski definition) is 3. The number of likely N-dealkylation sites (tertiary alicyclic amines) is 1. The van der Waals surface area contributed by atoms with E-state index in [-0.39, 0.29) is 29.9 Å². The summed E-state index contributed by atoms with van der Waals surface area (Å²) in [6.07, 6.45) is 1.64. The molecular formula is C18H29IN4O2. The Bertz CT molecular complexity index is 566. The minimum absolute atomic E-state index is 0. The van der Waals surface area contributed by atoms with E-state index in [1.165, 1.54) is 5.56 Å². The van der Waals surface area contributed by atoms with Crippen molar-refractivity contribution in [1.29, 1.82) is 0 Å². The second kappa shape index (κ2) is 12.1. The van der Waals surface area contributed by atoms with Crippen LogP contribution in [0.5, 0.6) is 0 Å². The number of ether oxygens (including phenoxy) is 1. The van der Waals surface area contributed by atoms with Crippen molar-refractivity contribution < 1.29 is 9.53 Å². The largest absolute Gasteiger partial charge is 0.383 e. The molecule has 25 heavy (non-hydrogen) atoms. The van der Waals surface area contributed by atoms with Crippen molar-refractivity contribution in [3.63, 3.8) is 0 Å². The van der Waals surface area contributed by atoms with Gasteiger partial charge in [0.2, 0.25) is 5.91 Å². The summed E-state index contributed by atoms with van der Waals surface area (Å²) in [6.45, 7) is 6.32. The van der Waals surface area contributed by atoms with E-state index in [1.807, 2.05) is 24.0 Å². The number of carbonyl (C=O) groups is 1. The van der Waals surface area contributed by atoms with E-state index < -0.39 is 0 Å². The summed E-state index contributed by atoms with van der Waals surface area (Å²) in [5.74, 6) is 1.03. The van der Waals surface area contributed by atoms with Crippen LogP contribution in [0.4, 0.5) is 0 Å². The van der Waals surface area contributed by atoms with Crippen LogP contribution in [-0.2, 0) is 22.6 Å². The number of nitrogens with one attached hydrogen (secondary N) is 2. The zero-order chi connectivity index (χ0) is 17.2. The minimum atomic E-state index is 0. The lowest BCUT2D eigenvalue weighted by molar-refractivity contribution is -0.128. The van der Waals surface area contributed by atoms with Crippen molar-refractivity contribution in [2.45, 2.75) is 32.9 Å². The molecule has 1 aromatic carbocycles. The number of rotatable bonds is 8. The third-order valence-electron chi connectivity index (χ3n) is 4.00. The Morgan fingerprint density at radius 2 is 2.04 bits per heavy atom. The molecule has 1 amide bonds. The normalized spacial score (nSPS) is 14.4. The zero-order valence-electron chi connectivity index (χ0n) is 15.1. The van der Waals surface area contributed by atoms with Crippen LogP contribution in [0.3, 0.4) is 0 Å². The Morgan fingerprint density at radius 3 is 2.68 bits per heavy atom. The Kier molecular flexibility index (Phi) is 10.5. The van der Waals surface area contributed by atoms with Crippen molar-refractivity contribution in [3.05, 3.63) is 35.4 Å². The van der Waals surface area contributed by atoms with E-state index >= 15 is 0 Å². The molecule has 0 atom stereocenters. The highest BCUT2D eigenvalue weighted by atomic mass is 127. The van der Waals surface area contributed by atoms with Crippen molar-refractivity contribution in [1.82, 2.24) is 15.5 Å². The first-order valence-corrected chi connectivity index (χ1v) is 8.60. The smallest absolute Gasteiger partial charge is 0.222 e. The van der Waals surface area contributed by atoms with Crippen LogP contribution in [0.1, 0.15) is 30.9 Å². The topological polar surface area (TPSA) is 66.0 Å². The molecule has 1 aromatic rings. The molecule has 0 aliphatic carbocycles. The summed E-state index contributed by atoms with van der Waals surface area (Å²) in [6, 6.07) is 8.20. The molecule has 0 saturated carbocycles. The maximum Gasteiger partial charge on any atom is 0.222 e. The number of nitrogens with zero attached hydrogens (tertiary/aromatic N) is 2. The second-order valence-electron chi connectivity index (χ2n) is 5.80. The predicted octanol–water partition coefficient (Wildman–Crippen LogP) is 2.13. The lowest BCUT2D eigenvalue weighted by Crippen LogP contribution is -2.38. The highest BCUT2D eigenvalue weighted by molar-refractivity contribution is 14.0. The molecule has 6 nitrogen and oxygen atoms in total. The molecule has 7 heteroatoms. The van der Waals surface area contributed by atoms with Gasteiger partial charge in [0.15, 0.2) is 5.96 Å². The van der Waals surface area contributed by atoms with E-state index in [0.29, 0.717) is 32.7 Å². The van der Waals surface area contributed by atoms with E-state index in [2.05, 4.69) is 27.8 Å². The van der Waals surface area contributed by atoms with Crippen molar-refractivity contribution >= 4 is 35.8 Å². The highest BCUT2D eigenvalue weighted by Gasteiger charge is 2.20. The fraction of sp³-hybridized carbons (Fsp3) is 0.556. The van der Waals surface area contributed by atoms with Gasteiger partial charge in [-0.05, 0) is 24.5 Å². The van der Waals surface area contributed by atoms with E-state index in [0.717, 1.165) is 31.0 Å². The number of amides is 1. The Balaban J connectivity index is 0.00000312. The van der Waals surface area contributed by atoms with Crippen molar-refractivity contribution in [2.24, 2.45) is 4.99 Å². The predicted molar refractivity (Wildman–Crippen MR) is 111 cm³/mol. The Hall–Kier alpha value is -1.35. The number of benzene rings is 1. The average molecular weight is 460 g/mol. The van der Waals surface area contributed by atoms with Gasteiger partial charge in [-0.1, -0.05) is 24.3 Å². The van der Waals surface area contributed by atoms with Crippen LogP contribution in [0.25, 0.3) is 0 Å². The quantitative estimate of drug-likeness (QED) is 0.270. The molecule has 0 spiro atoms. The molecule has 0 radical (unpaired) electrons. The van der Waals surface area contributed by atoms with Crippen molar-refractivity contribution in [3.8, 4) is 0 Å². The first kappa shape index (κ1) is 21.7. The number of guanidine groups is 1. The Morgan fingerprint density at radius 1 is 1.28 bits per heavy atom. The van der Waals surface area contributed by atoms with Crippen molar-refractivity contribution in [2.75, 3.05) is 33.4 Å². The van der Waals surface area contributed by atoms with Crippen LogP contribution < -0.4 is 10.6 Å². The zero-order valence-corrected chi connectivity index (χ0v) is 17.4. The fourth-order valence-corrected chi connectivity index (χ4v) is 2.72. The standard InChI is InChI=1S/C18H28N4O2.HI/c1-3-19-18(20-10-12-24-2)21-13-15-7-4-5-8-16(15)14-22-11-6-9-17(22)23;/h4-5,7-8H,3,6,9-14H2,1-2H3,(H2,19,20,21);1H. The van der Waals surface area contributed by atoms with E-state index in [9.17, 15) is 4.79 Å². The molecule has 2 N–H and O–H groups in total. The van der Waals surface area contributed by atoms with Crippen LogP contribution >= 0.6 is 24.0 Å². The number of halogens is 1. The maximum absolute atomic E-state index is 11.9. The van der Waals surface area contributed by atoms with Gasteiger partial charge in [-0.3, -0.25) is 4.79 Å². The summed E-state index contributed by atoms with van der Waals surface area (Å²) in [4.78, 5) is 18.4. The number of methoxy groups -OCH3 is 1. The molecule has 0 aromatic heterocycles. The molecule has 0 bridgehead atoms. The molecule has 1 heterocycles. The third-order valence-corrected chi connectivity index (χ3v) is 4.00. The van der Waals surface area contributed by atoms with Crippen LogP contribution in [0.15, 0.2) is 29.3 Å². The van der Waals surface area contributed by atoms with Gasteiger partial charge < -0.3 is 20.3 Å². The van der Waals surface area contributed by atoms with Crippen LogP contribution in [0.2, 0.25) is 0 Å². The minimum Gasteiger partial charge on any atom is -0.383 e. The molecule has 0 unspecified atom stereocenters. The van der Waals surface area contributed by atoms with Gasteiger partial charge >= 0.3 is 0 Å². The molecule has 1 fully saturated rings. The van der Waals surface area contributed by atoms with Gasteiger partial charge in [0.1, 0.15) is 0 Å². The summed E-state index contributed by atoms with van der Waals surface area (Å²) in [5, 5.41) is 6.47. The summed E-state index contributed by atoms with van der Waals surface area (Å²) in [5.41, 5.74) is 2.32. The van der Waals surface area contributed by atoms with Gasteiger partial charge in [0.05, 0.1) is 13.2 Å².